The number of anilines is 1. The minimum Gasteiger partial charge on any atom is -0.495 e. The first kappa shape index (κ1) is 14.0. The van der Waals surface area contributed by atoms with Gasteiger partial charge in [-0.3, -0.25) is 0 Å². The van der Waals surface area contributed by atoms with Crippen molar-refractivity contribution in [2.24, 2.45) is 0 Å². The smallest absolute Gasteiger partial charge is 0.244 e. The summed E-state index contributed by atoms with van der Waals surface area (Å²) in [5, 5.41) is 0. The summed E-state index contributed by atoms with van der Waals surface area (Å²) >= 11 is 3.20. The summed E-state index contributed by atoms with van der Waals surface area (Å²) in [5.74, 6) is 0.225. The number of rotatable bonds is 5. The van der Waals surface area contributed by atoms with Crippen molar-refractivity contribution in [3.05, 3.63) is 29.3 Å². The van der Waals surface area contributed by atoms with Gasteiger partial charge in [-0.1, -0.05) is 6.08 Å². The maximum atomic E-state index is 11.9. The van der Waals surface area contributed by atoms with E-state index in [9.17, 15) is 8.42 Å². The van der Waals surface area contributed by atoms with Crippen LogP contribution in [0.1, 0.15) is 0 Å². The molecule has 0 amide bonds. The minimum atomic E-state index is -3.65. The molecule has 1 aromatic rings. The number of nitrogen functional groups attached to an aromatic ring is 1. The van der Waals surface area contributed by atoms with Crippen LogP contribution in [0.4, 0.5) is 5.69 Å². The van der Waals surface area contributed by atoms with E-state index in [1.54, 1.807) is 0 Å². The molecular formula is C10H13BrN2O3S. The average Bonchev–Trinajstić information content (AvgIpc) is 2.29. The van der Waals surface area contributed by atoms with Crippen molar-refractivity contribution < 1.29 is 13.2 Å². The van der Waals surface area contributed by atoms with Crippen LogP contribution in [0.2, 0.25) is 0 Å². The molecule has 5 nitrogen and oxygen atoms in total. The van der Waals surface area contributed by atoms with E-state index >= 15 is 0 Å². The molecule has 0 atom stereocenters. The lowest BCUT2D eigenvalue weighted by molar-refractivity contribution is 0.402. The largest absolute Gasteiger partial charge is 0.495 e. The average molecular weight is 321 g/mol. The van der Waals surface area contributed by atoms with Gasteiger partial charge in [0.15, 0.2) is 0 Å². The minimum absolute atomic E-state index is 0.00236. The van der Waals surface area contributed by atoms with Gasteiger partial charge in [-0.25, -0.2) is 13.1 Å². The van der Waals surface area contributed by atoms with Gasteiger partial charge in [0.25, 0.3) is 0 Å². The summed E-state index contributed by atoms with van der Waals surface area (Å²) < 4.78 is 31.8. The molecule has 0 radical (unpaired) electrons. The molecule has 0 aliphatic heterocycles. The lowest BCUT2D eigenvalue weighted by Crippen LogP contribution is -2.24. The van der Waals surface area contributed by atoms with Gasteiger partial charge in [0.2, 0.25) is 10.0 Å². The van der Waals surface area contributed by atoms with E-state index in [2.05, 4.69) is 27.2 Å². The van der Waals surface area contributed by atoms with Crippen molar-refractivity contribution in [2.45, 2.75) is 4.90 Å². The summed E-state index contributed by atoms with van der Waals surface area (Å²) in [6.07, 6.45) is 1.45. The van der Waals surface area contributed by atoms with Crippen LogP contribution >= 0.6 is 15.9 Å². The van der Waals surface area contributed by atoms with E-state index in [4.69, 9.17) is 10.5 Å². The molecule has 1 rings (SSSR count). The van der Waals surface area contributed by atoms with E-state index in [1.165, 1.54) is 25.3 Å². The zero-order valence-electron chi connectivity index (χ0n) is 9.23. The molecule has 0 spiro atoms. The predicted molar refractivity (Wildman–Crippen MR) is 70.5 cm³/mol. The third-order valence-electron chi connectivity index (χ3n) is 1.99. The Morgan fingerprint density at radius 3 is 2.76 bits per heavy atom. The molecule has 0 bridgehead atoms. The van der Waals surface area contributed by atoms with E-state index in [0.29, 0.717) is 10.2 Å². The summed E-state index contributed by atoms with van der Waals surface area (Å²) in [4.78, 5) is 0.00236. The Morgan fingerprint density at radius 2 is 2.24 bits per heavy atom. The molecule has 0 unspecified atom stereocenters. The maximum Gasteiger partial charge on any atom is 0.244 e. The van der Waals surface area contributed by atoms with Crippen LogP contribution in [0.15, 0.2) is 34.2 Å². The fraction of sp³-hybridized carbons (Fsp3) is 0.200. The standard InChI is InChI=1S/C10H13BrN2O3S/c1-3-4-13-17(14,15)10-6-8(12)7(11)5-9(10)16-2/h3,5-6,13H,1,4,12H2,2H3. The molecule has 0 aromatic heterocycles. The van der Waals surface area contributed by atoms with Crippen LogP contribution in [0.5, 0.6) is 5.75 Å². The Kier molecular flexibility index (Phi) is 4.55. The highest BCUT2D eigenvalue weighted by atomic mass is 79.9. The van der Waals surface area contributed by atoms with Crippen molar-refractivity contribution in [3.8, 4) is 5.75 Å². The van der Waals surface area contributed by atoms with Crippen LogP contribution in [-0.4, -0.2) is 22.1 Å². The second kappa shape index (κ2) is 5.52. The number of benzene rings is 1. The van der Waals surface area contributed by atoms with Crippen molar-refractivity contribution >= 4 is 31.6 Å². The van der Waals surface area contributed by atoms with Crippen LogP contribution in [0, 0.1) is 0 Å². The fourth-order valence-corrected chi connectivity index (χ4v) is 2.67. The fourth-order valence-electron chi connectivity index (χ4n) is 1.17. The number of halogens is 1. The van der Waals surface area contributed by atoms with Crippen LogP contribution < -0.4 is 15.2 Å². The number of hydrogen-bond acceptors (Lipinski definition) is 4. The summed E-state index contributed by atoms with van der Waals surface area (Å²) in [5.41, 5.74) is 5.98. The molecule has 0 saturated carbocycles. The van der Waals surface area contributed by atoms with E-state index in [0.717, 1.165) is 0 Å². The lowest BCUT2D eigenvalue weighted by atomic mass is 10.3. The second-order valence-electron chi connectivity index (χ2n) is 3.17. The van der Waals surface area contributed by atoms with E-state index < -0.39 is 10.0 Å². The highest BCUT2D eigenvalue weighted by molar-refractivity contribution is 9.10. The van der Waals surface area contributed by atoms with E-state index in [1.807, 2.05) is 0 Å². The SMILES string of the molecule is C=CCNS(=O)(=O)c1cc(N)c(Br)cc1OC. The Hall–Kier alpha value is -1.05. The zero-order valence-corrected chi connectivity index (χ0v) is 11.6. The Morgan fingerprint density at radius 1 is 1.59 bits per heavy atom. The number of ether oxygens (including phenoxy) is 1. The molecule has 7 heteroatoms. The van der Waals surface area contributed by atoms with Crippen molar-refractivity contribution in [1.29, 1.82) is 0 Å². The third-order valence-corrected chi connectivity index (χ3v) is 4.12. The number of nitrogens with one attached hydrogen (secondary N) is 1. The number of sulfonamides is 1. The number of hydrogen-bond donors (Lipinski definition) is 2. The predicted octanol–water partition coefficient (Wildman–Crippen LogP) is 1.50. The third kappa shape index (κ3) is 3.21. The Bertz CT molecular complexity index is 529. The van der Waals surface area contributed by atoms with Crippen LogP contribution in [0.25, 0.3) is 0 Å². The van der Waals surface area contributed by atoms with Crippen molar-refractivity contribution in [3.63, 3.8) is 0 Å². The lowest BCUT2D eigenvalue weighted by Gasteiger charge is -2.11. The van der Waals surface area contributed by atoms with Crippen LogP contribution in [0.3, 0.4) is 0 Å². The molecule has 0 aliphatic carbocycles. The monoisotopic (exact) mass is 320 g/mol. The van der Waals surface area contributed by atoms with Gasteiger partial charge < -0.3 is 10.5 Å². The van der Waals surface area contributed by atoms with Gasteiger partial charge in [0, 0.05) is 16.7 Å². The van der Waals surface area contributed by atoms with Gasteiger partial charge in [0.05, 0.1) is 7.11 Å². The summed E-state index contributed by atoms with van der Waals surface area (Å²) in [6.45, 7) is 3.58. The van der Waals surface area contributed by atoms with Crippen molar-refractivity contribution in [1.82, 2.24) is 4.72 Å². The normalized spacial score (nSPS) is 11.2. The molecule has 1 aromatic carbocycles. The molecule has 3 N–H and O–H groups in total. The second-order valence-corrected chi connectivity index (χ2v) is 5.75. The topological polar surface area (TPSA) is 81.4 Å². The molecule has 0 saturated heterocycles. The quantitative estimate of drug-likeness (QED) is 0.636. The van der Waals surface area contributed by atoms with Crippen LogP contribution in [-0.2, 0) is 10.0 Å². The molecule has 0 aliphatic rings. The molecule has 17 heavy (non-hydrogen) atoms. The molecule has 94 valence electrons. The summed E-state index contributed by atoms with van der Waals surface area (Å²) in [6, 6.07) is 2.85. The molecular weight excluding hydrogens is 308 g/mol. The summed E-state index contributed by atoms with van der Waals surface area (Å²) in [7, 11) is -2.26. The Labute approximate surface area is 109 Å². The first-order valence-corrected chi connectivity index (χ1v) is 6.93. The molecule has 0 heterocycles. The highest BCUT2D eigenvalue weighted by Gasteiger charge is 2.20. The number of nitrogens with two attached hydrogens (primary N) is 1. The zero-order chi connectivity index (χ0) is 13.1. The van der Waals surface area contributed by atoms with Crippen molar-refractivity contribution in [2.75, 3.05) is 19.4 Å². The molecule has 0 fully saturated rings. The maximum absolute atomic E-state index is 11.9. The first-order chi connectivity index (χ1) is 7.92. The van der Waals surface area contributed by atoms with Gasteiger partial charge >= 0.3 is 0 Å². The first-order valence-electron chi connectivity index (χ1n) is 4.66. The Balaban J connectivity index is 3.29. The van der Waals surface area contributed by atoms with Gasteiger partial charge in [0.1, 0.15) is 10.6 Å². The van der Waals surface area contributed by atoms with Gasteiger partial charge in [-0.15, -0.1) is 6.58 Å². The van der Waals surface area contributed by atoms with Gasteiger partial charge in [-0.2, -0.15) is 0 Å². The van der Waals surface area contributed by atoms with E-state index in [-0.39, 0.29) is 17.2 Å². The van der Waals surface area contributed by atoms with Gasteiger partial charge in [-0.05, 0) is 28.1 Å². The highest BCUT2D eigenvalue weighted by Crippen LogP contribution is 2.32. The number of methoxy groups -OCH3 is 1.